The van der Waals surface area contributed by atoms with Crippen molar-refractivity contribution in [1.82, 2.24) is 9.38 Å². The average molecular weight is 375 g/mol. The summed E-state index contributed by atoms with van der Waals surface area (Å²) in [6, 6.07) is 19.1. The Morgan fingerprint density at radius 1 is 1.07 bits per heavy atom. The average Bonchev–Trinajstić information content (AvgIpc) is 3.08. The van der Waals surface area contributed by atoms with Gasteiger partial charge in [-0.25, -0.2) is 9.37 Å². The molecule has 0 saturated heterocycles. The minimum atomic E-state index is -0.326. The summed E-state index contributed by atoms with van der Waals surface area (Å²) < 4.78 is 20.1. The molecule has 4 aromatic rings. The molecule has 4 rings (SSSR count). The van der Waals surface area contributed by atoms with Crippen molar-refractivity contribution in [3.8, 4) is 17.0 Å². The number of amides is 1. The molecule has 0 unspecified atom stereocenters. The van der Waals surface area contributed by atoms with Crippen molar-refractivity contribution in [2.45, 2.75) is 6.42 Å². The number of methoxy groups -OCH3 is 1. The van der Waals surface area contributed by atoms with Gasteiger partial charge in [0.1, 0.15) is 28.7 Å². The minimum Gasteiger partial charge on any atom is -0.497 e. The Balaban J connectivity index is 1.68. The first-order chi connectivity index (χ1) is 13.6. The standard InChI is InChI=1S/C22H18FN3O2/c1-28-18-11-7-16(8-12-18)21-22(26-13-3-2-4-19(26)24-21)25-20(27)14-15-5-9-17(23)10-6-15/h2-13H,14H2,1H3,(H,25,27). The van der Waals surface area contributed by atoms with Crippen LogP contribution in [0.2, 0.25) is 0 Å². The van der Waals surface area contributed by atoms with Gasteiger partial charge in [0, 0.05) is 11.8 Å². The molecule has 1 amide bonds. The minimum absolute atomic E-state index is 0.141. The van der Waals surface area contributed by atoms with Crippen molar-refractivity contribution in [3.63, 3.8) is 0 Å². The molecular weight excluding hydrogens is 357 g/mol. The molecule has 5 nitrogen and oxygen atoms in total. The van der Waals surface area contributed by atoms with E-state index in [0.717, 1.165) is 22.5 Å². The molecule has 0 spiro atoms. The molecule has 2 aromatic heterocycles. The lowest BCUT2D eigenvalue weighted by Gasteiger charge is -2.08. The molecule has 0 aliphatic carbocycles. The Hall–Kier alpha value is -3.67. The van der Waals surface area contributed by atoms with E-state index in [1.165, 1.54) is 12.1 Å². The van der Waals surface area contributed by atoms with E-state index < -0.39 is 0 Å². The first kappa shape index (κ1) is 17.7. The number of hydrogen-bond donors (Lipinski definition) is 1. The number of halogens is 1. The summed E-state index contributed by atoms with van der Waals surface area (Å²) in [4.78, 5) is 17.3. The van der Waals surface area contributed by atoms with Crippen LogP contribution in [-0.4, -0.2) is 22.4 Å². The van der Waals surface area contributed by atoms with Crippen LogP contribution in [0.4, 0.5) is 10.2 Å². The number of aromatic nitrogens is 2. The van der Waals surface area contributed by atoms with Crippen molar-refractivity contribution in [2.24, 2.45) is 0 Å². The first-order valence-electron chi connectivity index (χ1n) is 8.80. The molecule has 0 fully saturated rings. The maximum absolute atomic E-state index is 13.1. The van der Waals surface area contributed by atoms with Crippen LogP contribution in [-0.2, 0) is 11.2 Å². The van der Waals surface area contributed by atoms with Crippen LogP contribution in [0.5, 0.6) is 5.75 Å². The van der Waals surface area contributed by atoms with Gasteiger partial charge in [-0.1, -0.05) is 18.2 Å². The second-order valence-electron chi connectivity index (χ2n) is 6.32. The normalized spacial score (nSPS) is 10.8. The molecule has 2 aromatic carbocycles. The molecule has 0 saturated carbocycles. The Morgan fingerprint density at radius 2 is 1.82 bits per heavy atom. The van der Waals surface area contributed by atoms with Crippen LogP contribution in [0, 0.1) is 5.82 Å². The number of fused-ring (bicyclic) bond motifs is 1. The number of pyridine rings is 1. The topological polar surface area (TPSA) is 55.6 Å². The fraction of sp³-hybridized carbons (Fsp3) is 0.0909. The number of nitrogens with one attached hydrogen (secondary N) is 1. The van der Waals surface area contributed by atoms with E-state index >= 15 is 0 Å². The van der Waals surface area contributed by atoms with E-state index in [2.05, 4.69) is 10.3 Å². The van der Waals surface area contributed by atoms with Crippen LogP contribution in [0.25, 0.3) is 16.9 Å². The first-order valence-corrected chi connectivity index (χ1v) is 8.80. The molecular formula is C22H18FN3O2. The van der Waals surface area contributed by atoms with Crippen LogP contribution >= 0.6 is 0 Å². The highest BCUT2D eigenvalue weighted by Gasteiger charge is 2.16. The highest BCUT2D eigenvalue weighted by Crippen LogP contribution is 2.30. The smallest absolute Gasteiger partial charge is 0.229 e. The van der Waals surface area contributed by atoms with E-state index in [1.807, 2.05) is 53.1 Å². The second-order valence-corrected chi connectivity index (χ2v) is 6.32. The van der Waals surface area contributed by atoms with Crippen molar-refractivity contribution in [2.75, 3.05) is 12.4 Å². The number of ether oxygens (including phenoxy) is 1. The van der Waals surface area contributed by atoms with Crippen LogP contribution < -0.4 is 10.1 Å². The zero-order chi connectivity index (χ0) is 19.5. The molecule has 0 aliphatic heterocycles. The van der Waals surface area contributed by atoms with Crippen molar-refractivity contribution in [3.05, 3.63) is 84.3 Å². The largest absolute Gasteiger partial charge is 0.497 e. The van der Waals surface area contributed by atoms with Gasteiger partial charge in [-0.05, 0) is 54.1 Å². The fourth-order valence-corrected chi connectivity index (χ4v) is 3.03. The maximum Gasteiger partial charge on any atom is 0.229 e. The lowest BCUT2D eigenvalue weighted by atomic mass is 10.1. The summed E-state index contributed by atoms with van der Waals surface area (Å²) in [7, 11) is 1.61. The van der Waals surface area contributed by atoms with Gasteiger partial charge in [0.15, 0.2) is 0 Å². The highest BCUT2D eigenvalue weighted by molar-refractivity contribution is 5.95. The third-order valence-corrected chi connectivity index (χ3v) is 4.43. The maximum atomic E-state index is 13.1. The van der Waals surface area contributed by atoms with Gasteiger partial charge in [-0.3, -0.25) is 9.20 Å². The Kier molecular flexibility index (Phi) is 4.76. The van der Waals surface area contributed by atoms with Crippen molar-refractivity contribution < 1.29 is 13.9 Å². The number of benzene rings is 2. The molecule has 140 valence electrons. The highest BCUT2D eigenvalue weighted by atomic mass is 19.1. The monoisotopic (exact) mass is 375 g/mol. The molecule has 1 N–H and O–H groups in total. The van der Waals surface area contributed by atoms with Crippen LogP contribution in [0.15, 0.2) is 72.9 Å². The third kappa shape index (κ3) is 3.57. The summed E-state index contributed by atoms with van der Waals surface area (Å²) in [5.74, 6) is 0.807. The van der Waals surface area contributed by atoms with Gasteiger partial charge in [0.2, 0.25) is 5.91 Å². The number of carbonyl (C=O) groups excluding carboxylic acids is 1. The van der Waals surface area contributed by atoms with Gasteiger partial charge in [-0.15, -0.1) is 0 Å². The SMILES string of the molecule is COc1ccc(-c2nc3ccccn3c2NC(=O)Cc2ccc(F)cc2)cc1. The van der Waals surface area contributed by atoms with E-state index in [9.17, 15) is 9.18 Å². The molecule has 0 radical (unpaired) electrons. The zero-order valence-corrected chi connectivity index (χ0v) is 15.2. The lowest BCUT2D eigenvalue weighted by molar-refractivity contribution is -0.115. The van der Waals surface area contributed by atoms with Gasteiger partial charge in [0.25, 0.3) is 0 Å². The summed E-state index contributed by atoms with van der Waals surface area (Å²) in [5, 5.41) is 2.96. The number of hydrogen-bond acceptors (Lipinski definition) is 3. The van der Waals surface area contributed by atoms with Gasteiger partial charge >= 0.3 is 0 Å². The number of anilines is 1. The number of carbonyl (C=O) groups is 1. The quantitative estimate of drug-likeness (QED) is 0.565. The van der Waals surface area contributed by atoms with Gasteiger partial charge in [-0.2, -0.15) is 0 Å². The van der Waals surface area contributed by atoms with E-state index in [0.29, 0.717) is 11.5 Å². The van der Waals surface area contributed by atoms with E-state index in [4.69, 9.17) is 4.74 Å². The molecule has 2 heterocycles. The predicted molar refractivity (Wildman–Crippen MR) is 106 cm³/mol. The van der Waals surface area contributed by atoms with Crippen LogP contribution in [0.1, 0.15) is 5.56 Å². The Labute approximate surface area is 161 Å². The predicted octanol–water partition coefficient (Wildman–Crippen LogP) is 4.33. The summed E-state index contributed by atoms with van der Waals surface area (Å²) >= 11 is 0. The number of rotatable bonds is 5. The molecule has 0 bridgehead atoms. The van der Waals surface area contributed by atoms with Crippen LogP contribution in [0.3, 0.4) is 0 Å². The molecule has 0 atom stereocenters. The van der Waals surface area contributed by atoms with Crippen molar-refractivity contribution >= 4 is 17.4 Å². The van der Waals surface area contributed by atoms with Gasteiger partial charge in [0.05, 0.1) is 13.5 Å². The number of imidazole rings is 1. The summed E-state index contributed by atoms with van der Waals surface area (Å²) in [6.07, 6.45) is 1.99. The number of nitrogens with zero attached hydrogens (tertiary/aromatic N) is 2. The summed E-state index contributed by atoms with van der Waals surface area (Å²) in [5.41, 5.74) is 2.99. The summed E-state index contributed by atoms with van der Waals surface area (Å²) in [6.45, 7) is 0. The molecule has 0 aliphatic rings. The van der Waals surface area contributed by atoms with E-state index in [1.54, 1.807) is 19.2 Å². The Morgan fingerprint density at radius 3 is 2.54 bits per heavy atom. The molecule has 28 heavy (non-hydrogen) atoms. The third-order valence-electron chi connectivity index (χ3n) is 4.43. The fourth-order valence-electron chi connectivity index (χ4n) is 3.03. The second kappa shape index (κ2) is 7.52. The van der Waals surface area contributed by atoms with E-state index in [-0.39, 0.29) is 18.1 Å². The van der Waals surface area contributed by atoms with Crippen molar-refractivity contribution in [1.29, 1.82) is 0 Å². The Bertz CT molecular complexity index is 1120. The zero-order valence-electron chi connectivity index (χ0n) is 15.2. The molecule has 6 heteroatoms. The lowest BCUT2D eigenvalue weighted by Crippen LogP contribution is -2.16. The van der Waals surface area contributed by atoms with Gasteiger partial charge < -0.3 is 10.1 Å².